The first-order chi connectivity index (χ1) is 21.8. The van der Waals surface area contributed by atoms with Gasteiger partial charge >= 0.3 is 0 Å². The summed E-state index contributed by atoms with van der Waals surface area (Å²) in [7, 11) is 0. The van der Waals surface area contributed by atoms with E-state index in [0.717, 1.165) is 29.0 Å². The molecule has 3 aromatic carbocycles. The van der Waals surface area contributed by atoms with Crippen molar-refractivity contribution < 1.29 is 29.6 Å². The van der Waals surface area contributed by atoms with Gasteiger partial charge in [0.15, 0.2) is 5.60 Å². The van der Waals surface area contributed by atoms with Crippen LogP contribution in [0.2, 0.25) is 0 Å². The van der Waals surface area contributed by atoms with Crippen LogP contribution in [0.1, 0.15) is 49.8 Å². The molecule has 0 fully saturated rings. The van der Waals surface area contributed by atoms with Gasteiger partial charge in [-0.3, -0.25) is 14.5 Å². The van der Waals surface area contributed by atoms with Gasteiger partial charge in [-0.1, -0.05) is 49.4 Å². The van der Waals surface area contributed by atoms with E-state index in [-0.39, 0.29) is 25.7 Å². The first-order valence-electron chi connectivity index (χ1n) is 15.8. The smallest absolute Gasteiger partial charge is 0.264 e. The van der Waals surface area contributed by atoms with E-state index in [0.29, 0.717) is 49.4 Å². The Balaban J connectivity index is 1.46. The lowest BCUT2D eigenvalue weighted by Gasteiger charge is -2.35. The molecule has 0 aliphatic carbocycles. The normalized spacial score (nSPS) is 20.1. The first kappa shape index (κ1) is 32.4. The molecule has 2 aliphatic heterocycles. The van der Waals surface area contributed by atoms with Crippen LogP contribution in [0.5, 0.6) is 5.75 Å². The highest BCUT2D eigenvalue weighted by molar-refractivity contribution is 6.08. The predicted molar refractivity (Wildman–Crippen MR) is 175 cm³/mol. The average molecular weight is 614 g/mol. The molecule has 9 nitrogen and oxygen atoms in total. The Kier molecular flexibility index (Phi) is 10.4. The Bertz CT molecular complexity index is 1540. The van der Waals surface area contributed by atoms with Crippen molar-refractivity contribution in [2.45, 2.75) is 57.7 Å². The lowest BCUT2D eigenvalue weighted by atomic mass is 9.83. The van der Waals surface area contributed by atoms with Crippen LogP contribution in [-0.2, 0) is 28.2 Å². The van der Waals surface area contributed by atoms with Gasteiger partial charge in [0.05, 0.1) is 30.6 Å². The molecule has 0 spiro atoms. The Labute approximate surface area is 264 Å². The highest BCUT2D eigenvalue weighted by atomic mass is 16.5. The van der Waals surface area contributed by atoms with Crippen LogP contribution in [-0.4, -0.2) is 59.5 Å². The quantitative estimate of drug-likeness (QED) is 0.158. The molecule has 4 N–H and O–H groups in total. The molecule has 45 heavy (non-hydrogen) atoms. The number of aliphatic hydroxyl groups excluding tert-OH is 2. The Morgan fingerprint density at radius 2 is 1.84 bits per heavy atom. The second kappa shape index (κ2) is 14.4. The largest absolute Gasteiger partial charge is 0.494 e. The van der Waals surface area contributed by atoms with E-state index >= 15 is 0 Å². The molecule has 0 aromatic heterocycles. The van der Waals surface area contributed by atoms with E-state index in [4.69, 9.17) is 4.74 Å². The zero-order valence-corrected chi connectivity index (χ0v) is 26.0. The van der Waals surface area contributed by atoms with Gasteiger partial charge in [-0.05, 0) is 86.7 Å². The monoisotopic (exact) mass is 613 g/mol. The van der Waals surface area contributed by atoms with Crippen LogP contribution in [0.15, 0.2) is 78.9 Å². The van der Waals surface area contributed by atoms with Gasteiger partial charge in [-0.15, -0.1) is 0 Å². The standard InChI is InChI=1S/C36H43N3O6/c1-3-45-29-16-17-32-27(22-29)23-31(37-18-7-9-20-41)34(42)39(32)28-13-10-12-26(21-28)24-38-33-15-5-4-14-30(33)36(44,35(38)43)25(2)11-6-8-19-40/h4-6,10-17,21-22,25,31,37,40-41,44H,3,7-9,18-20,23-24H2,1-2H3/b11-6+/t25-,31?,36+/m0/s1. The Morgan fingerprint density at radius 3 is 2.62 bits per heavy atom. The van der Waals surface area contributed by atoms with Crippen molar-refractivity contribution in [3.8, 4) is 5.75 Å². The maximum atomic E-state index is 14.0. The highest BCUT2D eigenvalue weighted by Gasteiger charge is 2.52. The summed E-state index contributed by atoms with van der Waals surface area (Å²) in [6.45, 7) is 5.20. The number of para-hydroxylation sites is 1. The predicted octanol–water partition coefficient (Wildman–Crippen LogP) is 4.35. The number of hydrogen-bond acceptors (Lipinski definition) is 7. The van der Waals surface area contributed by atoms with Gasteiger partial charge < -0.3 is 30.3 Å². The van der Waals surface area contributed by atoms with Gasteiger partial charge in [-0.25, -0.2) is 0 Å². The minimum atomic E-state index is -1.74. The number of ether oxygens (including phenoxy) is 1. The molecule has 5 rings (SSSR count). The number of carbonyl (C=O) groups excluding carboxylic acids is 2. The Morgan fingerprint density at radius 1 is 1.02 bits per heavy atom. The summed E-state index contributed by atoms with van der Waals surface area (Å²) in [6.07, 6.45) is 5.94. The van der Waals surface area contributed by atoms with Crippen molar-refractivity contribution in [3.05, 3.63) is 95.6 Å². The number of rotatable bonds is 14. The van der Waals surface area contributed by atoms with E-state index < -0.39 is 23.5 Å². The van der Waals surface area contributed by atoms with Crippen molar-refractivity contribution in [1.29, 1.82) is 0 Å². The summed E-state index contributed by atoms with van der Waals surface area (Å²) in [6, 6.07) is 20.2. The van der Waals surface area contributed by atoms with Gasteiger partial charge in [-0.2, -0.15) is 0 Å². The SMILES string of the molecule is CCOc1ccc2c(c1)CC(NCCCCO)C(=O)N2c1cccc(CN2C(=O)[C@@](O)([C@@H](C)/C=C/CCO)c3ccccc32)c1. The number of anilines is 3. The Hall–Kier alpha value is -4.02. The van der Waals surface area contributed by atoms with Crippen molar-refractivity contribution >= 4 is 28.9 Å². The number of nitrogens with one attached hydrogen (secondary N) is 1. The molecule has 2 amide bonds. The summed E-state index contributed by atoms with van der Waals surface area (Å²) in [4.78, 5) is 31.2. The zero-order valence-electron chi connectivity index (χ0n) is 26.0. The van der Waals surface area contributed by atoms with Crippen LogP contribution in [0.4, 0.5) is 17.1 Å². The number of aliphatic hydroxyl groups is 3. The molecular formula is C36H43N3O6. The molecule has 2 heterocycles. The van der Waals surface area contributed by atoms with Crippen LogP contribution >= 0.6 is 0 Å². The van der Waals surface area contributed by atoms with Crippen molar-refractivity contribution in [3.63, 3.8) is 0 Å². The van der Waals surface area contributed by atoms with Gasteiger partial charge in [0.1, 0.15) is 5.75 Å². The topological polar surface area (TPSA) is 123 Å². The maximum Gasteiger partial charge on any atom is 0.264 e. The number of hydrogen-bond donors (Lipinski definition) is 4. The molecule has 238 valence electrons. The maximum absolute atomic E-state index is 14.0. The highest BCUT2D eigenvalue weighted by Crippen LogP contribution is 2.46. The lowest BCUT2D eigenvalue weighted by molar-refractivity contribution is -0.139. The third-order valence-electron chi connectivity index (χ3n) is 8.59. The number of nitrogens with zero attached hydrogens (tertiary/aromatic N) is 2. The minimum Gasteiger partial charge on any atom is -0.494 e. The second-order valence-corrected chi connectivity index (χ2v) is 11.6. The average Bonchev–Trinajstić information content (AvgIpc) is 3.26. The fraction of sp³-hybridized carbons (Fsp3) is 0.389. The number of benzene rings is 3. The van der Waals surface area contributed by atoms with Gasteiger partial charge in [0.2, 0.25) is 5.91 Å². The summed E-state index contributed by atoms with van der Waals surface area (Å²) >= 11 is 0. The molecular weight excluding hydrogens is 570 g/mol. The van der Waals surface area contributed by atoms with Crippen LogP contribution in [0.3, 0.4) is 0 Å². The first-order valence-corrected chi connectivity index (χ1v) is 15.8. The molecule has 1 unspecified atom stereocenters. The van der Waals surface area contributed by atoms with Crippen molar-refractivity contribution in [1.82, 2.24) is 5.32 Å². The molecule has 0 bridgehead atoms. The van der Waals surface area contributed by atoms with Crippen molar-refractivity contribution in [2.75, 3.05) is 36.2 Å². The van der Waals surface area contributed by atoms with Crippen LogP contribution < -0.4 is 19.9 Å². The summed E-state index contributed by atoms with van der Waals surface area (Å²) in [5.74, 6) is -0.254. The molecule has 0 radical (unpaired) electrons. The van der Waals surface area contributed by atoms with E-state index in [1.54, 1.807) is 34.9 Å². The summed E-state index contributed by atoms with van der Waals surface area (Å²) in [5.41, 5.74) is 2.72. The molecule has 3 atom stereocenters. The van der Waals surface area contributed by atoms with E-state index in [1.165, 1.54) is 0 Å². The molecule has 0 saturated heterocycles. The van der Waals surface area contributed by atoms with Crippen LogP contribution in [0, 0.1) is 5.92 Å². The lowest BCUT2D eigenvalue weighted by Crippen LogP contribution is -2.49. The number of unbranched alkanes of at least 4 members (excludes halogenated alkanes) is 1. The minimum absolute atomic E-state index is 0.00710. The van der Waals surface area contributed by atoms with Gasteiger partial charge in [0, 0.05) is 30.4 Å². The fourth-order valence-corrected chi connectivity index (χ4v) is 6.27. The van der Waals surface area contributed by atoms with Crippen molar-refractivity contribution in [2.24, 2.45) is 5.92 Å². The second-order valence-electron chi connectivity index (χ2n) is 11.6. The zero-order chi connectivity index (χ0) is 32.0. The van der Waals surface area contributed by atoms with Gasteiger partial charge in [0.25, 0.3) is 5.91 Å². The number of fused-ring (bicyclic) bond motifs is 2. The molecule has 3 aromatic rings. The summed E-state index contributed by atoms with van der Waals surface area (Å²) < 4.78 is 5.76. The van der Waals surface area contributed by atoms with E-state index in [2.05, 4.69) is 5.32 Å². The molecule has 2 aliphatic rings. The molecule has 9 heteroatoms. The fourth-order valence-electron chi connectivity index (χ4n) is 6.27. The molecule has 0 saturated carbocycles. The third-order valence-corrected chi connectivity index (χ3v) is 8.59. The van der Waals surface area contributed by atoms with E-state index in [1.807, 2.05) is 67.6 Å². The number of carbonyl (C=O) groups is 2. The third kappa shape index (κ3) is 6.53. The van der Waals surface area contributed by atoms with E-state index in [9.17, 15) is 24.9 Å². The van der Waals surface area contributed by atoms with Crippen LogP contribution in [0.25, 0.3) is 0 Å². The number of amides is 2. The summed E-state index contributed by atoms with van der Waals surface area (Å²) in [5, 5.41) is 33.6.